The van der Waals surface area contributed by atoms with Crippen molar-refractivity contribution in [2.45, 2.75) is 58.0 Å². The molecule has 3 rings (SSSR count). The second-order valence-electron chi connectivity index (χ2n) is 6.09. The molecule has 5 heteroatoms. The molecule has 0 bridgehead atoms. The summed E-state index contributed by atoms with van der Waals surface area (Å²) < 4.78 is 5.62. The Bertz CT molecular complexity index is 475. The molecular formula is C16H26N4O. The van der Waals surface area contributed by atoms with Gasteiger partial charge in [0, 0.05) is 25.2 Å². The largest absolute Gasteiger partial charge is 0.478 e. The first kappa shape index (κ1) is 14.6. The Morgan fingerprint density at radius 1 is 1.29 bits per heavy atom. The lowest BCUT2D eigenvalue weighted by Gasteiger charge is -2.37. The van der Waals surface area contributed by atoms with E-state index < -0.39 is 0 Å². The third-order valence-electron chi connectivity index (χ3n) is 4.41. The van der Waals surface area contributed by atoms with Crippen molar-refractivity contribution in [1.82, 2.24) is 15.3 Å². The van der Waals surface area contributed by atoms with Crippen LogP contribution in [0.25, 0.3) is 0 Å². The Morgan fingerprint density at radius 2 is 2.14 bits per heavy atom. The molecule has 1 atom stereocenters. The molecule has 0 radical (unpaired) electrons. The van der Waals surface area contributed by atoms with E-state index in [0.29, 0.717) is 12.6 Å². The van der Waals surface area contributed by atoms with Gasteiger partial charge in [-0.05, 0) is 46.0 Å². The summed E-state index contributed by atoms with van der Waals surface area (Å²) in [4.78, 5) is 11.3. The van der Waals surface area contributed by atoms with Crippen molar-refractivity contribution in [3.05, 3.63) is 11.9 Å². The number of nitrogens with zero attached hydrogens (tertiary/aromatic N) is 3. The van der Waals surface area contributed by atoms with E-state index in [1.54, 1.807) is 6.33 Å². The molecule has 0 aromatic carbocycles. The summed E-state index contributed by atoms with van der Waals surface area (Å²) >= 11 is 0. The molecule has 0 spiro atoms. The van der Waals surface area contributed by atoms with Gasteiger partial charge in [-0.15, -0.1) is 0 Å². The first-order valence-corrected chi connectivity index (χ1v) is 8.24. The van der Waals surface area contributed by atoms with Crippen LogP contribution in [-0.2, 0) is 0 Å². The lowest BCUT2D eigenvalue weighted by atomic mass is 10.0. The Kier molecular flexibility index (Phi) is 4.58. The zero-order valence-corrected chi connectivity index (χ0v) is 13.1. The number of ether oxygens (including phenoxy) is 1. The fraction of sp³-hybridized carbons (Fsp3) is 0.750. The van der Waals surface area contributed by atoms with Crippen LogP contribution in [0.15, 0.2) is 6.33 Å². The van der Waals surface area contributed by atoms with Crippen molar-refractivity contribution < 1.29 is 4.74 Å². The van der Waals surface area contributed by atoms with Crippen LogP contribution in [-0.4, -0.2) is 41.7 Å². The van der Waals surface area contributed by atoms with Gasteiger partial charge in [-0.25, -0.2) is 9.97 Å². The van der Waals surface area contributed by atoms with E-state index in [-0.39, 0.29) is 0 Å². The van der Waals surface area contributed by atoms with E-state index in [9.17, 15) is 0 Å². The smallest absolute Gasteiger partial charge is 0.221 e. The van der Waals surface area contributed by atoms with Crippen molar-refractivity contribution in [2.75, 3.05) is 24.6 Å². The fourth-order valence-electron chi connectivity index (χ4n) is 3.08. The summed E-state index contributed by atoms with van der Waals surface area (Å²) in [5, 5.41) is 3.67. The summed E-state index contributed by atoms with van der Waals surface area (Å²) in [7, 11) is 0. The van der Waals surface area contributed by atoms with Crippen LogP contribution in [0.1, 0.15) is 44.6 Å². The maximum atomic E-state index is 5.62. The first-order chi connectivity index (χ1) is 10.3. The number of nitrogens with one attached hydrogen (secondary N) is 1. The van der Waals surface area contributed by atoms with Crippen molar-refractivity contribution in [3.63, 3.8) is 0 Å². The molecule has 116 valence electrons. The predicted octanol–water partition coefficient (Wildman–Crippen LogP) is 2.29. The molecule has 1 unspecified atom stereocenters. The first-order valence-electron chi connectivity index (χ1n) is 8.24. The molecule has 1 aliphatic heterocycles. The molecule has 1 aliphatic carbocycles. The zero-order chi connectivity index (χ0) is 14.7. The molecule has 1 N–H and O–H groups in total. The molecule has 2 aliphatic rings. The minimum atomic E-state index is 0.544. The van der Waals surface area contributed by atoms with Crippen LogP contribution >= 0.6 is 0 Å². The number of hydrogen-bond acceptors (Lipinski definition) is 5. The van der Waals surface area contributed by atoms with Gasteiger partial charge < -0.3 is 15.0 Å². The van der Waals surface area contributed by atoms with Crippen molar-refractivity contribution in [1.29, 1.82) is 0 Å². The standard InChI is InChI=1S/C16H26N4O/c1-3-21-16-12(2)15(18-11-19-16)20-9-5-4-6-14(20)10-17-13-7-8-13/h11,13-14,17H,3-10H2,1-2H3. The van der Waals surface area contributed by atoms with Gasteiger partial charge in [0.05, 0.1) is 12.2 Å². The van der Waals surface area contributed by atoms with E-state index in [1.807, 2.05) is 6.92 Å². The van der Waals surface area contributed by atoms with Crippen molar-refractivity contribution in [2.24, 2.45) is 0 Å². The lowest BCUT2D eigenvalue weighted by Crippen LogP contribution is -2.46. The molecular weight excluding hydrogens is 264 g/mol. The van der Waals surface area contributed by atoms with Gasteiger partial charge in [0.25, 0.3) is 0 Å². The molecule has 0 amide bonds. The summed E-state index contributed by atoms with van der Waals surface area (Å²) in [6.45, 7) is 6.85. The van der Waals surface area contributed by atoms with Crippen molar-refractivity contribution in [3.8, 4) is 5.88 Å². The topological polar surface area (TPSA) is 50.3 Å². The number of piperidine rings is 1. The summed E-state index contributed by atoms with van der Waals surface area (Å²) in [6.07, 6.45) is 8.12. The number of rotatable bonds is 6. The number of hydrogen-bond donors (Lipinski definition) is 1. The molecule has 1 saturated heterocycles. The average Bonchev–Trinajstić information content (AvgIpc) is 3.32. The van der Waals surface area contributed by atoms with E-state index in [1.165, 1.54) is 32.1 Å². The van der Waals surface area contributed by atoms with E-state index in [2.05, 4.69) is 27.1 Å². The third-order valence-corrected chi connectivity index (χ3v) is 4.41. The number of aromatic nitrogens is 2. The zero-order valence-electron chi connectivity index (χ0n) is 13.1. The maximum Gasteiger partial charge on any atom is 0.221 e. The molecule has 1 aromatic rings. The van der Waals surface area contributed by atoms with Crippen LogP contribution in [0.2, 0.25) is 0 Å². The summed E-state index contributed by atoms with van der Waals surface area (Å²) in [6, 6.07) is 1.31. The molecule has 1 aromatic heterocycles. The molecule has 2 heterocycles. The second kappa shape index (κ2) is 6.60. The van der Waals surface area contributed by atoms with E-state index >= 15 is 0 Å². The normalized spacial score (nSPS) is 22.4. The highest BCUT2D eigenvalue weighted by atomic mass is 16.5. The minimum Gasteiger partial charge on any atom is -0.478 e. The maximum absolute atomic E-state index is 5.62. The molecule has 5 nitrogen and oxygen atoms in total. The Hall–Kier alpha value is -1.36. The van der Waals surface area contributed by atoms with Gasteiger partial charge in [-0.1, -0.05) is 0 Å². The second-order valence-corrected chi connectivity index (χ2v) is 6.09. The summed E-state index contributed by atoms with van der Waals surface area (Å²) in [5.74, 6) is 1.78. The highest BCUT2D eigenvalue weighted by molar-refractivity contribution is 5.51. The van der Waals surface area contributed by atoms with Gasteiger partial charge in [0.2, 0.25) is 5.88 Å². The van der Waals surface area contributed by atoms with Gasteiger partial charge in [0.1, 0.15) is 12.1 Å². The van der Waals surface area contributed by atoms with Gasteiger partial charge in [-0.3, -0.25) is 0 Å². The van der Waals surface area contributed by atoms with E-state index in [0.717, 1.165) is 36.4 Å². The summed E-state index contributed by atoms with van der Waals surface area (Å²) in [5.41, 5.74) is 1.07. The van der Waals surface area contributed by atoms with Gasteiger partial charge in [0.15, 0.2) is 0 Å². The molecule has 1 saturated carbocycles. The predicted molar refractivity (Wildman–Crippen MR) is 83.9 cm³/mol. The molecule has 2 fully saturated rings. The Labute approximate surface area is 127 Å². The van der Waals surface area contributed by atoms with Crippen molar-refractivity contribution >= 4 is 5.82 Å². The number of anilines is 1. The van der Waals surface area contributed by atoms with Gasteiger partial charge >= 0.3 is 0 Å². The Balaban J connectivity index is 1.76. The van der Waals surface area contributed by atoms with E-state index in [4.69, 9.17) is 4.74 Å². The SMILES string of the molecule is CCOc1ncnc(N2CCCCC2CNC2CC2)c1C. The minimum absolute atomic E-state index is 0.544. The van der Waals surface area contributed by atoms with Gasteiger partial charge in [-0.2, -0.15) is 0 Å². The van der Waals surface area contributed by atoms with Crippen LogP contribution in [0.5, 0.6) is 5.88 Å². The lowest BCUT2D eigenvalue weighted by molar-refractivity contribution is 0.323. The highest BCUT2D eigenvalue weighted by Gasteiger charge is 2.28. The van der Waals surface area contributed by atoms with Crippen LogP contribution in [0, 0.1) is 6.92 Å². The Morgan fingerprint density at radius 3 is 2.90 bits per heavy atom. The highest BCUT2D eigenvalue weighted by Crippen LogP contribution is 2.29. The fourth-order valence-corrected chi connectivity index (χ4v) is 3.08. The van der Waals surface area contributed by atoms with Crippen LogP contribution < -0.4 is 15.0 Å². The quantitative estimate of drug-likeness (QED) is 0.871. The monoisotopic (exact) mass is 290 g/mol. The molecule has 21 heavy (non-hydrogen) atoms. The van der Waals surface area contributed by atoms with Crippen LogP contribution in [0.4, 0.5) is 5.82 Å². The van der Waals surface area contributed by atoms with Crippen LogP contribution in [0.3, 0.4) is 0 Å². The average molecular weight is 290 g/mol. The third kappa shape index (κ3) is 3.46.